The monoisotopic (exact) mass is 300 g/mol. The Morgan fingerprint density at radius 1 is 1.43 bits per heavy atom. The van der Waals surface area contributed by atoms with E-state index in [0.29, 0.717) is 0 Å². The van der Waals surface area contributed by atoms with E-state index in [1.807, 2.05) is 24.4 Å². The molecule has 0 aliphatic carbocycles. The fourth-order valence-electron chi connectivity index (χ4n) is 1.52. The minimum absolute atomic E-state index is 0.286. The van der Waals surface area contributed by atoms with Crippen LogP contribution in [-0.2, 0) is 11.2 Å². The van der Waals surface area contributed by atoms with Crippen molar-refractivity contribution in [3.8, 4) is 0 Å². The lowest BCUT2D eigenvalue weighted by Gasteiger charge is -2.01. The van der Waals surface area contributed by atoms with E-state index < -0.39 is 0 Å². The third-order valence-electron chi connectivity index (χ3n) is 2.12. The van der Waals surface area contributed by atoms with Crippen LogP contribution in [-0.4, -0.2) is 10.9 Å². The van der Waals surface area contributed by atoms with Crippen molar-refractivity contribution in [1.29, 1.82) is 0 Å². The van der Waals surface area contributed by atoms with E-state index >= 15 is 0 Å². The van der Waals surface area contributed by atoms with Gasteiger partial charge in [-0.25, -0.2) is 0 Å². The van der Waals surface area contributed by atoms with E-state index in [-0.39, 0.29) is 12.3 Å². The van der Waals surface area contributed by atoms with Gasteiger partial charge in [0.05, 0.1) is 11.9 Å². The summed E-state index contributed by atoms with van der Waals surface area (Å²) in [7, 11) is 0. The summed E-state index contributed by atoms with van der Waals surface area (Å²) in [6, 6.07) is 5.93. The predicted octanol–water partition coefficient (Wildman–Crippen LogP) is 1.80. The van der Waals surface area contributed by atoms with Crippen LogP contribution in [0.4, 0.5) is 0 Å². The lowest BCUT2D eigenvalue weighted by molar-refractivity contribution is -0.117. The maximum atomic E-state index is 10.8. The number of aromatic nitrogens is 1. The Hall–Kier alpha value is -1.04. The van der Waals surface area contributed by atoms with Gasteiger partial charge >= 0.3 is 0 Å². The standard InChI is InChI=1S/C10H9IN2O/c11-8-2-1-6(5-9(12)14)10-7(8)3-4-13-10/h1-4,13H,5H2,(H2,12,14). The molecular weight excluding hydrogens is 291 g/mol. The van der Waals surface area contributed by atoms with Crippen molar-refractivity contribution in [1.82, 2.24) is 4.98 Å². The van der Waals surface area contributed by atoms with Crippen LogP contribution in [0.2, 0.25) is 0 Å². The fraction of sp³-hybridized carbons (Fsp3) is 0.100. The second kappa shape index (κ2) is 3.61. The van der Waals surface area contributed by atoms with Crippen molar-refractivity contribution >= 4 is 39.4 Å². The first-order valence-electron chi connectivity index (χ1n) is 4.21. The normalized spacial score (nSPS) is 10.6. The summed E-state index contributed by atoms with van der Waals surface area (Å²) in [5, 5.41) is 1.14. The second-order valence-corrected chi connectivity index (χ2v) is 4.28. The molecule has 0 spiro atoms. The smallest absolute Gasteiger partial charge is 0.221 e. The summed E-state index contributed by atoms with van der Waals surface area (Å²) in [5.41, 5.74) is 7.13. The third kappa shape index (κ3) is 1.61. The first kappa shape index (κ1) is 9.51. The van der Waals surface area contributed by atoms with Gasteiger partial charge in [-0.3, -0.25) is 4.79 Å². The Morgan fingerprint density at radius 3 is 2.93 bits per heavy atom. The number of H-pyrrole nitrogens is 1. The van der Waals surface area contributed by atoms with E-state index in [1.54, 1.807) is 0 Å². The molecule has 0 unspecified atom stereocenters. The van der Waals surface area contributed by atoms with Crippen LogP contribution in [0.15, 0.2) is 24.4 Å². The van der Waals surface area contributed by atoms with Crippen molar-refractivity contribution < 1.29 is 4.79 Å². The Bertz CT molecular complexity index is 490. The summed E-state index contributed by atoms with van der Waals surface area (Å²) in [6.45, 7) is 0. The van der Waals surface area contributed by atoms with Crippen molar-refractivity contribution in [3.63, 3.8) is 0 Å². The van der Waals surface area contributed by atoms with Crippen molar-refractivity contribution in [3.05, 3.63) is 33.5 Å². The molecule has 0 aliphatic heterocycles. The molecule has 1 aromatic carbocycles. The first-order valence-corrected chi connectivity index (χ1v) is 5.29. The molecule has 0 fully saturated rings. The van der Waals surface area contributed by atoms with Gasteiger partial charge in [-0.05, 0) is 40.3 Å². The van der Waals surface area contributed by atoms with Gasteiger partial charge in [-0.2, -0.15) is 0 Å². The van der Waals surface area contributed by atoms with E-state index in [9.17, 15) is 4.79 Å². The molecule has 0 bridgehead atoms. The van der Waals surface area contributed by atoms with Crippen LogP contribution in [0.25, 0.3) is 10.9 Å². The highest BCUT2D eigenvalue weighted by atomic mass is 127. The second-order valence-electron chi connectivity index (χ2n) is 3.12. The van der Waals surface area contributed by atoms with Crippen LogP contribution in [0.1, 0.15) is 5.56 Å². The minimum Gasteiger partial charge on any atom is -0.369 e. The number of carbonyl (C=O) groups excluding carboxylic acids is 1. The highest BCUT2D eigenvalue weighted by molar-refractivity contribution is 14.1. The van der Waals surface area contributed by atoms with Crippen molar-refractivity contribution in [2.75, 3.05) is 0 Å². The number of hydrogen-bond donors (Lipinski definition) is 2. The lowest BCUT2D eigenvalue weighted by Crippen LogP contribution is -2.13. The van der Waals surface area contributed by atoms with Crippen LogP contribution >= 0.6 is 22.6 Å². The molecule has 2 aromatic rings. The number of nitrogens with two attached hydrogens (primary N) is 1. The Labute approximate surface area is 94.8 Å². The molecule has 2 rings (SSSR count). The van der Waals surface area contributed by atoms with Gasteiger partial charge < -0.3 is 10.7 Å². The highest BCUT2D eigenvalue weighted by Crippen LogP contribution is 2.23. The number of hydrogen-bond acceptors (Lipinski definition) is 1. The van der Waals surface area contributed by atoms with Gasteiger partial charge in [0.2, 0.25) is 5.91 Å². The molecule has 1 aromatic heterocycles. The number of amides is 1. The van der Waals surface area contributed by atoms with Crippen molar-refractivity contribution in [2.45, 2.75) is 6.42 Å². The molecule has 1 amide bonds. The summed E-state index contributed by atoms with van der Waals surface area (Å²) in [5.74, 6) is -0.304. The van der Waals surface area contributed by atoms with Crippen LogP contribution in [0.5, 0.6) is 0 Å². The molecule has 72 valence electrons. The Morgan fingerprint density at radius 2 is 2.21 bits per heavy atom. The summed E-state index contributed by atoms with van der Waals surface area (Å²) in [4.78, 5) is 13.9. The topological polar surface area (TPSA) is 58.9 Å². The minimum atomic E-state index is -0.304. The quantitative estimate of drug-likeness (QED) is 0.816. The largest absolute Gasteiger partial charge is 0.369 e. The van der Waals surface area contributed by atoms with Gasteiger partial charge in [0.15, 0.2) is 0 Å². The zero-order chi connectivity index (χ0) is 10.1. The number of halogens is 1. The molecule has 3 nitrogen and oxygen atoms in total. The van der Waals surface area contributed by atoms with E-state index in [0.717, 1.165) is 16.5 Å². The SMILES string of the molecule is NC(=O)Cc1ccc(I)c2cc[nH]c12. The summed E-state index contributed by atoms with van der Waals surface area (Å²) < 4.78 is 1.17. The van der Waals surface area contributed by atoms with Gasteiger partial charge in [0.25, 0.3) is 0 Å². The van der Waals surface area contributed by atoms with Gasteiger partial charge in [-0.15, -0.1) is 0 Å². The maximum absolute atomic E-state index is 10.8. The number of nitrogens with one attached hydrogen (secondary N) is 1. The van der Waals surface area contributed by atoms with Crippen LogP contribution in [0.3, 0.4) is 0 Å². The average molecular weight is 300 g/mol. The first-order chi connectivity index (χ1) is 6.68. The molecular formula is C10H9IN2O. The molecule has 0 saturated heterocycles. The summed E-state index contributed by atoms with van der Waals surface area (Å²) in [6.07, 6.45) is 2.16. The van der Waals surface area contributed by atoms with Crippen molar-refractivity contribution in [2.24, 2.45) is 5.73 Å². The molecule has 14 heavy (non-hydrogen) atoms. The molecule has 0 aliphatic rings. The zero-order valence-electron chi connectivity index (χ0n) is 7.38. The van der Waals surface area contributed by atoms with Gasteiger partial charge in [0.1, 0.15) is 0 Å². The highest BCUT2D eigenvalue weighted by Gasteiger charge is 2.07. The summed E-state index contributed by atoms with van der Waals surface area (Å²) >= 11 is 2.27. The maximum Gasteiger partial charge on any atom is 0.221 e. The third-order valence-corrected chi connectivity index (χ3v) is 3.06. The van der Waals surface area contributed by atoms with Crippen LogP contribution < -0.4 is 5.73 Å². The predicted molar refractivity (Wildman–Crippen MR) is 63.9 cm³/mol. The van der Waals surface area contributed by atoms with E-state index in [1.165, 1.54) is 3.57 Å². The molecule has 1 heterocycles. The molecule has 0 saturated carbocycles. The lowest BCUT2D eigenvalue weighted by atomic mass is 10.1. The fourth-order valence-corrected chi connectivity index (χ4v) is 2.15. The zero-order valence-corrected chi connectivity index (χ0v) is 9.54. The number of benzene rings is 1. The molecule has 0 radical (unpaired) electrons. The number of fused-ring (bicyclic) bond motifs is 1. The number of primary amides is 1. The van der Waals surface area contributed by atoms with Crippen LogP contribution in [0, 0.1) is 3.57 Å². The molecule has 0 atom stereocenters. The number of carbonyl (C=O) groups is 1. The Kier molecular flexibility index (Phi) is 2.45. The molecule has 3 N–H and O–H groups in total. The van der Waals surface area contributed by atoms with Gasteiger partial charge in [0, 0.05) is 15.2 Å². The number of rotatable bonds is 2. The molecule has 4 heteroatoms. The van der Waals surface area contributed by atoms with Gasteiger partial charge in [-0.1, -0.05) is 6.07 Å². The van der Waals surface area contributed by atoms with E-state index in [4.69, 9.17) is 5.73 Å². The van der Waals surface area contributed by atoms with E-state index in [2.05, 4.69) is 27.6 Å². The Balaban J connectivity index is 2.60. The average Bonchev–Trinajstić information content (AvgIpc) is 2.58. The number of aromatic amines is 1.